The van der Waals surface area contributed by atoms with E-state index in [2.05, 4.69) is 28.4 Å². The molecule has 2 amide bonds. The summed E-state index contributed by atoms with van der Waals surface area (Å²) >= 11 is 0. The molecule has 0 aromatic heterocycles. The van der Waals surface area contributed by atoms with Crippen LogP contribution in [0, 0.1) is 17.7 Å². The Morgan fingerprint density at radius 2 is 1.85 bits per heavy atom. The van der Waals surface area contributed by atoms with E-state index in [1.54, 1.807) is 12.1 Å². The third-order valence-electron chi connectivity index (χ3n) is 7.82. The molecule has 0 radical (unpaired) electrons. The van der Waals surface area contributed by atoms with Gasteiger partial charge in [-0.1, -0.05) is 42.8 Å². The van der Waals surface area contributed by atoms with Crippen molar-refractivity contribution < 1.29 is 14.0 Å². The quantitative estimate of drug-likeness (QED) is 0.751. The van der Waals surface area contributed by atoms with E-state index in [4.69, 9.17) is 0 Å². The van der Waals surface area contributed by atoms with Crippen LogP contribution in [0.15, 0.2) is 48.5 Å². The van der Waals surface area contributed by atoms with Crippen molar-refractivity contribution in [2.75, 3.05) is 19.6 Å². The summed E-state index contributed by atoms with van der Waals surface area (Å²) in [5.74, 6) is -0.358. The number of rotatable bonds is 3. The maximum absolute atomic E-state index is 13.9. The molecule has 3 aliphatic rings. The van der Waals surface area contributed by atoms with Crippen molar-refractivity contribution >= 4 is 11.8 Å². The Kier molecular flexibility index (Phi) is 6.95. The van der Waals surface area contributed by atoms with Gasteiger partial charge in [-0.15, -0.1) is 0 Å². The molecule has 1 aliphatic carbocycles. The zero-order chi connectivity index (χ0) is 23.5. The topological polar surface area (TPSA) is 52.7 Å². The summed E-state index contributed by atoms with van der Waals surface area (Å²) in [5.41, 5.74) is 3.47. The van der Waals surface area contributed by atoms with Gasteiger partial charge in [-0.2, -0.15) is 0 Å². The Hall–Kier alpha value is -2.73. The highest BCUT2D eigenvalue weighted by atomic mass is 19.1. The van der Waals surface area contributed by atoms with Gasteiger partial charge in [0.1, 0.15) is 5.82 Å². The van der Waals surface area contributed by atoms with Gasteiger partial charge in [0.15, 0.2) is 0 Å². The van der Waals surface area contributed by atoms with Crippen LogP contribution in [0.1, 0.15) is 48.8 Å². The van der Waals surface area contributed by atoms with Crippen molar-refractivity contribution in [1.29, 1.82) is 0 Å². The zero-order valence-electron chi connectivity index (χ0n) is 19.7. The van der Waals surface area contributed by atoms with E-state index in [0.717, 1.165) is 44.3 Å². The molecule has 1 N–H and O–H groups in total. The van der Waals surface area contributed by atoms with E-state index in [1.165, 1.54) is 17.2 Å². The summed E-state index contributed by atoms with van der Waals surface area (Å²) in [6.07, 6.45) is 5.21. The lowest BCUT2D eigenvalue weighted by Gasteiger charge is -2.34. The van der Waals surface area contributed by atoms with Gasteiger partial charge in [-0.3, -0.25) is 14.5 Å². The summed E-state index contributed by atoms with van der Waals surface area (Å²) < 4.78 is 13.9. The van der Waals surface area contributed by atoms with Gasteiger partial charge in [0, 0.05) is 38.1 Å². The first kappa shape index (κ1) is 23.0. The van der Waals surface area contributed by atoms with Crippen molar-refractivity contribution in [1.82, 2.24) is 15.1 Å². The van der Waals surface area contributed by atoms with Gasteiger partial charge in [0.25, 0.3) is 0 Å². The van der Waals surface area contributed by atoms with Crippen molar-refractivity contribution in [2.24, 2.45) is 11.8 Å². The maximum atomic E-state index is 13.9. The molecule has 5 nitrogen and oxygen atoms in total. The number of amides is 2. The molecule has 180 valence electrons. The van der Waals surface area contributed by atoms with Crippen molar-refractivity contribution in [2.45, 2.75) is 57.7 Å². The number of carbonyl (C=O) groups is 2. The standard InChI is InChI=1S/C28H34FN3O2/c29-24-10-6-7-20(15-24)18-31-13-5-1-4-12-30-27(33)25-16-23(17-26(25)31)28(34)32-14-11-21-8-2-3-9-22(21)19-32/h2-3,6-10,15,23,25-26H,1,4-5,11-14,16-19H2,(H,30,33). The Balaban J connectivity index is 1.35. The lowest BCUT2D eigenvalue weighted by Crippen LogP contribution is -2.45. The van der Waals surface area contributed by atoms with Crippen LogP contribution in [0.25, 0.3) is 0 Å². The van der Waals surface area contributed by atoms with Crippen molar-refractivity contribution in [3.05, 3.63) is 71.0 Å². The highest BCUT2D eigenvalue weighted by molar-refractivity contribution is 5.84. The number of hydrogen-bond donors (Lipinski definition) is 1. The molecule has 6 heteroatoms. The normalized spacial score (nSPS) is 25.9. The van der Waals surface area contributed by atoms with Crippen LogP contribution in [0.5, 0.6) is 0 Å². The molecular formula is C28H34FN3O2. The first-order valence-corrected chi connectivity index (χ1v) is 12.7. The molecule has 0 spiro atoms. The van der Waals surface area contributed by atoms with Crippen LogP contribution in [0.2, 0.25) is 0 Å². The van der Waals surface area contributed by atoms with Gasteiger partial charge in [0.2, 0.25) is 11.8 Å². The largest absolute Gasteiger partial charge is 0.356 e. The summed E-state index contributed by atoms with van der Waals surface area (Å²) in [6, 6.07) is 15.1. The minimum atomic E-state index is -0.238. The van der Waals surface area contributed by atoms with Gasteiger partial charge < -0.3 is 10.2 Å². The van der Waals surface area contributed by atoms with Gasteiger partial charge in [0.05, 0.1) is 5.92 Å². The molecule has 34 heavy (non-hydrogen) atoms. The molecule has 2 aliphatic heterocycles. The SMILES string of the molecule is O=C1NCCCCCN(Cc2cccc(F)c2)C2CC(C(=O)N3CCc4ccccc4C3)CC12. The average Bonchev–Trinajstić information content (AvgIpc) is 3.30. The smallest absolute Gasteiger partial charge is 0.226 e. The lowest BCUT2D eigenvalue weighted by molar-refractivity contribution is -0.136. The minimum absolute atomic E-state index is 0.00704. The number of nitrogens with zero attached hydrogens (tertiary/aromatic N) is 2. The third kappa shape index (κ3) is 5.02. The molecule has 1 saturated heterocycles. The Morgan fingerprint density at radius 1 is 1.00 bits per heavy atom. The molecule has 1 saturated carbocycles. The molecular weight excluding hydrogens is 429 g/mol. The number of halogens is 1. The summed E-state index contributed by atoms with van der Waals surface area (Å²) in [7, 11) is 0. The Morgan fingerprint density at radius 3 is 2.71 bits per heavy atom. The fraction of sp³-hybridized carbons (Fsp3) is 0.500. The molecule has 5 rings (SSSR count). The van der Waals surface area contributed by atoms with Crippen molar-refractivity contribution in [3.63, 3.8) is 0 Å². The van der Waals surface area contributed by atoms with Crippen LogP contribution in [-0.4, -0.2) is 47.3 Å². The van der Waals surface area contributed by atoms with Gasteiger partial charge in [-0.05, 0) is 67.5 Å². The van der Waals surface area contributed by atoms with Crippen LogP contribution in [0.3, 0.4) is 0 Å². The van der Waals surface area contributed by atoms with Crippen LogP contribution < -0.4 is 5.32 Å². The zero-order valence-corrected chi connectivity index (χ0v) is 19.7. The number of nitrogens with one attached hydrogen (secondary N) is 1. The van der Waals surface area contributed by atoms with E-state index < -0.39 is 0 Å². The lowest BCUT2D eigenvalue weighted by atomic mass is 9.97. The second-order valence-electron chi connectivity index (χ2n) is 10.1. The highest BCUT2D eigenvalue weighted by Gasteiger charge is 2.45. The first-order valence-electron chi connectivity index (χ1n) is 12.7. The molecule has 0 bridgehead atoms. The average molecular weight is 464 g/mol. The van der Waals surface area contributed by atoms with Crippen molar-refractivity contribution in [3.8, 4) is 0 Å². The van der Waals surface area contributed by atoms with E-state index in [-0.39, 0.29) is 35.5 Å². The number of benzene rings is 2. The maximum Gasteiger partial charge on any atom is 0.226 e. The Bertz CT molecular complexity index is 1040. The number of hydrogen-bond acceptors (Lipinski definition) is 3. The summed E-state index contributed by atoms with van der Waals surface area (Å²) in [5, 5.41) is 3.12. The van der Waals surface area contributed by atoms with E-state index in [9.17, 15) is 14.0 Å². The van der Waals surface area contributed by atoms with Crippen LogP contribution in [-0.2, 0) is 29.1 Å². The first-order chi connectivity index (χ1) is 16.6. The number of carbonyl (C=O) groups excluding carboxylic acids is 2. The Labute approximate surface area is 201 Å². The van der Waals surface area contributed by atoms with Gasteiger partial charge in [-0.25, -0.2) is 4.39 Å². The van der Waals surface area contributed by atoms with E-state index >= 15 is 0 Å². The fourth-order valence-electron chi connectivity index (χ4n) is 6.04. The molecule has 2 fully saturated rings. The molecule has 2 aromatic carbocycles. The van der Waals surface area contributed by atoms with E-state index in [0.29, 0.717) is 32.5 Å². The molecule has 2 aromatic rings. The summed E-state index contributed by atoms with van der Waals surface area (Å²) in [4.78, 5) is 31.1. The highest BCUT2D eigenvalue weighted by Crippen LogP contribution is 2.38. The second-order valence-corrected chi connectivity index (χ2v) is 10.1. The second kappa shape index (κ2) is 10.3. The third-order valence-corrected chi connectivity index (χ3v) is 7.82. The fourth-order valence-corrected chi connectivity index (χ4v) is 6.04. The predicted octanol–water partition coefficient (Wildman–Crippen LogP) is 3.91. The van der Waals surface area contributed by atoms with E-state index in [1.807, 2.05) is 17.0 Å². The van der Waals surface area contributed by atoms with Crippen LogP contribution >= 0.6 is 0 Å². The molecule has 3 unspecified atom stereocenters. The number of fused-ring (bicyclic) bond motifs is 2. The summed E-state index contributed by atoms with van der Waals surface area (Å²) in [6.45, 7) is 3.56. The molecule has 2 heterocycles. The van der Waals surface area contributed by atoms with Crippen LogP contribution in [0.4, 0.5) is 4.39 Å². The minimum Gasteiger partial charge on any atom is -0.356 e. The predicted molar refractivity (Wildman–Crippen MR) is 129 cm³/mol. The molecule has 3 atom stereocenters. The monoisotopic (exact) mass is 463 g/mol. The van der Waals surface area contributed by atoms with Gasteiger partial charge >= 0.3 is 0 Å².